The van der Waals surface area contributed by atoms with Crippen LogP contribution in [0.25, 0.3) is 0 Å². The summed E-state index contributed by atoms with van der Waals surface area (Å²) in [6, 6.07) is 7.81. The summed E-state index contributed by atoms with van der Waals surface area (Å²) in [7, 11) is 0. The molecule has 0 bridgehead atoms. The highest BCUT2D eigenvalue weighted by atomic mass is 35.5. The van der Waals surface area contributed by atoms with Crippen molar-refractivity contribution in [3.8, 4) is 0 Å². The summed E-state index contributed by atoms with van der Waals surface area (Å²) in [4.78, 5) is 34.9. The molecular formula is C23H20Cl2FN3O3. The molecule has 0 amide bonds. The fourth-order valence-corrected chi connectivity index (χ4v) is 3.88. The van der Waals surface area contributed by atoms with Crippen LogP contribution in [0.4, 0.5) is 4.39 Å². The number of benzene rings is 1. The van der Waals surface area contributed by atoms with E-state index in [1.165, 1.54) is 24.4 Å². The molecule has 3 heterocycles. The molecule has 1 aliphatic heterocycles. The first-order chi connectivity index (χ1) is 15.4. The average molecular weight is 476 g/mol. The van der Waals surface area contributed by atoms with Gasteiger partial charge in [-0.15, -0.1) is 0 Å². The molecular weight excluding hydrogens is 456 g/mol. The molecule has 0 unspecified atom stereocenters. The highest BCUT2D eigenvalue weighted by molar-refractivity contribution is 6.37. The van der Waals surface area contributed by atoms with Gasteiger partial charge in [0.1, 0.15) is 0 Å². The fraction of sp³-hybridized carbons (Fsp3) is 0.261. The van der Waals surface area contributed by atoms with E-state index in [2.05, 4.69) is 14.9 Å². The maximum absolute atomic E-state index is 14.3. The number of carbonyl (C=O) groups is 2. The molecule has 1 fully saturated rings. The van der Waals surface area contributed by atoms with Crippen LogP contribution in [0.15, 0.2) is 42.7 Å². The van der Waals surface area contributed by atoms with Gasteiger partial charge in [0.05, 0.1) is 40.2 Å². The van der Waals surface area contributed by atoms with Crippen molar-refractivity contribution in [1.82, 2.24) is 14.9 Å². The first-order valence-electron chi connectivity index (χ1n) is 10.1. The summed E-state index contributed by atoms with van der Waals surface area (Å²) >= 11 is 11.8. The predicted octanol–water partition coefficient (Wildman–Crippen LogP) is 4.34. The third-order valence-electron chi connectivity index (χ3n) is 5.26. The van der Waals surface area contributed by atoms with Crippen LogP contribution in [0, 0.1) is 5.82 Å². The van der Waals surface area contributed by atoms with Crippen molar-refractivity contribution in [2.75, 3.05) is 26.3 Å². The van der Waals surface area contributed by atoms with Crippen LogP contribution in [0.1, 0.15) is 37.7 Å². The zero-order valence-electron chi connectivity index (χ0n) is 17.0. The lowest BCUT2D eigenvalue weighted by Gasteiger charge is -2.26. The van der Waals surface area contributed by atoms with Crippen molar-refractivity contribution < 1.29 is 18.7 Å². The van der Waals surface area contributed by atoms with Gasteiger partial charge in [-0.25, -0.2) is 4.39 Å². The summed E-state index contributed by atoms with van der Waals surface area (Å²) < 4.78 is 19.6. The highest BCUT2D eigenvalue weighted by Crippen LogP contribution is 2.28. The Kier molecular flexibility index (Phi) is 7.01. The summed E-state index contributed by atoms with van der Waals surface area (Å²) in [6.07, 6.45) is 3.16. The number of H-pyrrole nitrogens is 1. The van der Waals surface area contributed by atoms with Crippen molar-refractivity contribution in [3.05, 3.63) is 86.7 Å². The number of nitrogens with zero attached hydrogens (tertiary/aromatic N) is 2. The first-order valence-corrected chi connectivity index (χ1v) is 10.8. The zero-order valence-corrected chi connectivity index (χ0v) is 18.5. The van der Waals surface area contributed by atoms with Crippen LogP contribution in [-0.4, -0.2) is 52.7 Å². The second-order valence-electron chi connectivity index (χ2n) is 7.50. The number of ketones is 2. The Bertz CT molecular complexity index is 1140. The number of Topliss-reactive ketones (excluding diaryl/α,β-unsaturated/α-hetero) is 1. The number of aromatic amines is 1. The number of halogens is 3. The number of rotatable bonds is 7. The standard InChI is InChI=1S/C23H20Cl2FN3O3/c24-17-3-4-18(25)22(26)21(17)23(31)15-10-19(28-12-15)20(30)9-14-1-2-16(27-11-14)13-29-5-7-32-8-6-29/h1-4,10-12,28H,5-9,13H2. The molecule has 0 saturated carbocycles. The van der Waals surface area contributed by atoms with Crippen LogP contribution in [0.3, 0.4) is 0 Å². The molecule has 32 heavy (non-hydrogen) atoms. The van der Waals surface area contributed by atoms with Crippen molar-refractivity contribution in [3.63, 3.8) is 0 Å². The number of ether oxygens (including phenoxy) is 1. The maximum Gasteiger partial charge on any atom is 0.199 e. The normalized spacial score (nSPS) is 14.5. The largest absolute Gasteiger partial charge is 0.379 e. The molecule has 2 aromatic heterocycles. The lowest BCUT2D eigenvalue weighted by molar-refractivity contribution is 0.0336. The van der Waals surface area contributed by atoms with Gasteiger partial charge in [0.2, 0.25) is 0 Å². The van der Waals surface area contributed by atoms with Gasteiger partial charge in [0.25, 0.3) is 0 Å². The predicted molar refractivity (Wildman–Crippen MR) is 119 cm³/mol. The third-order valence-corrected chi connectivity index (χ3v) is 5.86. The summed E-state index contributed by atoms with van der Waals surface area (Å²) in [5, 5.41) is -0.247. The van der Waals surface area contributed by atoms with Gasteiger partial charge in [0.15, 0.2) is 17.4 Å². The Morgan fingerprint density at radius 1 is 1.12 bits per heavy atom. The molecule has 1 N–H and O–H groups in total. The SMILES string of the molecule is O=C(Cc1ccc(CN2CCOCC2)nc1)c1cc(C(=O)c2c(Cl)ccc(Cl)c2F)c[nH]1. The van der Waals surface area contributed by atoms with Gasteiger partial charge in [0, 0.05) is 44.0 Å². The number of morpholine rings is 1. The molecule has 0 radical (unpaired) electrons. The highest BCUT2D eigenvalue weighted by Gasteiger charge is 2.22. The van der Waals surface area contributed by atoms with Gasteiger partial charge < -0.3 is 9.72 Å². The van der Waals surface area contributed by atoms with Crippen LogP contribution in [0.5, 0.6) is 0 Å². The van der Waals surface area contributed by atoms with E-state index in [0.29, 0.717) is 0 Å². The van der Waals surface area contributed by atoms with E-state index in [0.717, 1.165) is 44.1 Å². The summed E-state index contributed by atoms with van der Waals surface area (Å²) in [5.74, 6) is -1.76. The number of hydrogen-bond acceptors (Lipinski definition) is 5. The van der Waals surface area contributed by atoms with E-state index < -0.39 is 11.6 Å². The van der Waals surface area contributed by atoms with Gasteiger partial charge >= 0.3 is 0 Å². The topological polar surface area (TPSA) is 75.3 Å². The molecule has 166 valence electrons. The van der Waals surface area contributed by atoms with Crippen molar-refractivity contribution in [1.29, 1.82) is 0 Å². The fourth-order valence-electron chi connectivity index (χ4n) is 3.49. The Hall–Kier alpha value is -2.58. The number of aromatic nitrogens is 2. The van der Waals surface area contributed by atoms with Gasteiger partial charge in [-0.2, -0.15) is 0 Å². The quantitative estimate of drug-likeness (QED) is 0.406. The zero-order chi connectivity index (χ0) is 22.7. The van der Waals surface area contributed by atoms with Gasteiger partial charge in [-0.3, -0.25) is 19.5 Å². The number of pyridine rings is 1. The van der Waals surface area contributed by atoms with E-state index in [-0.39, 0.29) is 39.1 Å². The molecule has 6 nitrogen and oxygen atoms in total. The Balaban J connectivity index is 1.42. The Labute approximate surface area is 194 Å². The molecule has 1 aliphatic rings. The summed E-state index contributed by atoms with van der Waals surface area (Å²) in [5.41, 5.74) is 1.72. The summed E-state index contributed by atoms with van der Waals surface area (Å²) in [6.45, 7) is 3.94. The van der Waals surface area contributed by atoms with Crippen molar-refractivity contribution in [2.45, 2.75) is 13.0 Å². The second-order valence-corrected chi connectivity index (χ2v) is 8.31. The third kappa shape index (κ3) is 5.07. The van der Waals surface area contributed by atoms with E-state index in [4.69, 9.17) is 27.9 Å². The molecule has 3 aromatic rings. The minimum absolute atomic E-state index is 0.0470. The number of carbonyl (C=O) groups excluding carboxylic acids is 2. The van der Waals surface area contributed by atoms with Crippen LogP contribution < -0.4 is 0 Å². The lowest BCUT2D eigenvalue weighted by Crippen LogP contribution is -2.35. The molecule has 0 spiro atoms. The molecule has 9 heteroatoms. The van der Waals surface area contributed by atoms with Gasteiger partial charge in [-0.1, -0.05) is 29.3 Å². The number of hydrogen-bond donors (Lipinski definition) is 1. The van der Waals surface area contributed by atoms with Crippen molar-refractivity contribution in [2.24, 2.45) is 0 Å². The number of nitrogens with one attached hydrogen (secondary N) is 1. The molecule has 0 aliphatic carbocycles. The molecule has 0 atom stereocenters. The Morgan fingerprint density at radius 2 is 1.88 bits per heavy atom. The van der Waals surface area contributed by atoms with Crippen LogP contribution in [-0.2, 0) is 17.7 Å². The monoisotopic (exact) mass is 475 g/mol. The average Bonchev–Trinajstić information content (AvgIpc) is 3.29. The van der Waals surface area contributed by atoms with Gasteiger partial charge in [-0.05, 0) is 29.8 Å². The molecule has 1 aromatic carbocycles. The Morgan fingerprint density at radius 3 is 2.59 bits per heavy atom. The van der Waals surface area contributed by atoms with E-state index >= 15 is 0 Å². The minimum Gasteiger partial charge on any atom is -0.379 e. The molecule has 4 rings (SSSR count). The van der Waals surface area contributed by atoms with Crippen LogP contribution in [0.2, 0.25) is 10.0 Å². The first kappa shape index (κ1) is 22.6. The smallest absolute Gasteiger partial charge is 0.199 e. The van der Waals surface area contributed by atoms with E-state index in [9.17, 15) is 14.0 Å². The maximum atomic E-state index is 14.3. The van der Waals surface area contributed by atoms with E-state index in [1.54, 1.807) is 6.20 Å². The minimum atomic E-state index is -0.888. The van der Waals surface area contributed by atoms with Crippen molar-refractivity contribution >= 4 is 34.8 Å². The molecule has 1 saturated heterocycles. The van der Waals surface area contributed by atoms with E-state index in [1.807, 2.05) is 12.1 Å². The lowest BCUT2D eigenvalue weighted by atomic mass is 10.0. The van der Waals surface area contributed by atoms with Crippen LogP contribution >= 0.6 is 23.2 Å². The second kappa shape index (κ2) is 9.92.